The van der Waals surface area contributed by atoms with E-state index in [4.69, 9.17) is 9.15 Å². The fraction of sp³-hybridized carbons (Fsp3) is 0.320. The average Bonchev–Trinajstić information content (AvgIpc) is 3.26. The molecule has 3 rings (SSSR count). The second-order valence-electron chi connectivity index (χ2n) is 7.58. The van der Waals surface area contributed by atoms with Crippen LogP contribution in [0.3, 0.4) is 0 Å². The quantitative estimate of drug-likeness (QED) is 0.484. The molecule has 158 valence electrons. The maximum absolute atomic E-state index is 12.6. The van der Waals surface area contributed by atoms with Gasteiger partial charge in [-0.1, -0.05) is 31.2 Å². The monoisotopic (exact) mass is 406 g/mol. The second kappa shape index (κ2) is 10.8. The molecular formula is C25H30N2O3. The third-order valence-corrected chi connectivity index (χ3v) is 5.02. The molecule has 0 radical (unpaired) electrons. The molecular weight excluding hydrogens is 376 g/mol. The van der Waals surface area contributed by atoms with Crippen molar-refractivity contribution in [2.45, 2.75) is 46.6 Å². The van der Waals surface area contributed by atoms with E-state index in [1.807, 2.05) is 60.7 Å². The van der Waals surface area contributed by atoms with Crippen LogP contribution in [0, 0.1) is 0 Å². The minimum Gasteiger partial charge on any atom is -0.467 e. The Morgan fingerprint density at radius 1 is 1.03 bits per heavy atom. The number of amides is 1. The summed E-state index contributed by atoms with van der Waals surface area (Å²) in [6, 6.07) is 19.7. The van der Waals surface area contributed by atoms with Gasteiger partial charge in [-0.15, -0.1) is 0 Å². The van der Waals surface area contributed by atoms with Crippen molar-refractivity contribution >= 4 is 11.6 Å². The summed E-state index contributed by atoms with van der Waals surface area (Å²) < 4.78 is 10.9. The van der Waals surface area contributed by atoms with Crippen molar-refractivity contribution in [2.24, 2.45) is 0 Å². The molecule has 1 N–H and O–H groups in total. The maximum Gasteiger partial charge on any atom is 0.255 e. The Hall–Kier alpha value is -2.89. The number of carbonyl (C=O) groups is 1. The Morgan fingerprint density at radius 3 is 2.50 bits per heavy atom. The van der Waals surface area contributed by atoms with Gasteiger partial charge in [-0.25, -0.2) is 0 Å². The van der Waals surface area contributed by atoms with E-state index in [1.54, 1.807) is 6.26 Å². The van der Waals surface area contributed by atoms with E-state index in [0.29, 0.717) is 24.8 Å². The molecule has 1 amide bonds. The Labute approximate surface area is 178 Å². The zero-order valence-corrected chi connectivity index (χ0v) is 17.9. The number of anilines is 1. The van der Waals surface area contributed by atoms with Gasteiger partial charge in [0.1, 0.15) is 12.4 Å². The molecule has 1 heterocycles. The van der Waals surface area contributed by atoms with E-state index in [2.05, 4.69) is 31.0 Å². The molecule has 0 spiro atoms. The van der Waals surface area contributed by atoms with Gasteiger partial charge in [0.15, 0.2) is 0 Å². The predicted molar refractivity (Wildman–Crippen MR) is 119 cm³/mol. The van der Waals surface area contributed by atoms with E-state index < -0.39 is 0 Å². The first kappa shape index (κ1) is 21.8. The van der Waals surface area contributed by atoms with Crippen LogP contribution in [0.25, 0.3) is 0 Å². The summed E-state index contributed by atoms with van der Waals surface area (Å²) in [7, 11) is 0. The summed E-state index contributed by atoms with van der Waals surface area (Å²) in [6.07, 6.45) is 1.63. The van der Waals surface area contributed by atoms with E-state index in [9.17, 15) is 4.79 Å². The van der Waals surface area contributed by atoms with Gasteiger partial charge in [0.2, 0.25) is 0 Å². The first-order chi connectivity index (χ1) is 14.5. The molecule has 2 aromatic carbocycles. The average molecular weight is 407 g/mol. The molecule has 1 aromatic heterocycles. The highest BCUT2D eigenvalue weighted by Crippen LogP contribution is 2.15. The van der Waals surface area contributed by atoms with Crippen LogP contribution in [0.1, 0.15) is 48.0 Å². The molecule has 30 heavy (non-hydrogen) atoms. The Balaban J connectivity index is 1.55. The summed E-state index contributed by atoms with van der Waals surface area (Å²) in [4.78, 5) is 15.0. The van der Waals surface area contributed by atoms with Crippen molar-refractivity contribution < 1.29 is 13.9 Å². The minimum atomic E-state index is -0.119. The van der Waals surface area contributed by atoms with Crippen molar-refractivity contribution in [3.05, 3.63) is 89.4 Å². The maximum atomic E-state index is 12.6. The minimum absolute atomic E-state index is 0.119. The molecule has 0 bridgehead atoms. The Kier molecular flexibility index (Phi) is 7.82. The highest BCUT2D eigenvalue weighted by Gasteiger charge is 2.10. The number of ether oxygens (including phenoxy) is 1. The van der Waals surface area contributed by atoms with Gasteiger partial charge in [0.05, 0.1) is 12.9 Å². The fourth-order valence-electron chi connectivity index (χ4n) is 3.26. The van der Waals surface area contributed by atoms with Crippen molar-refractivity contribution in [3.8, 4) is 0 Å². The molecule has 5 heteroatoms. The van der Waals surface area contributed by atoms with Crippen molar-refractivity contribution in [2.75, 3.05) is 11.9 Å². The largest absolute Gasteiger partial charge is 0.467 e. The number of hydrogen-bond donors (Lipinski definition) is 1. The normalized spacial score (nSPS) is 11.2. The fourth-order valence-corrected chi connectivity index (χ4v) is 3.26. The van der Waals surface area contributed by atoms with Crippen LogP contribution in [0.4, 0.5) is 5.69 Å². The van der Waals surface area contributed by atoms with Gasteiger partial charge in [-0.3, -0.25) is 9.69 Å². The molecule has 0 fully saturated rings. The van der Waals surface area contributed by atoms with Crippen LogP contribution < -0.4 is 5.32 Å². The second-order valence-corrected chi connectivity index (χ2v) is 7.58. The summed E-state index contributed by atoms with van der Waals surface area (Å²) in [5, 5.41) is 2.97. The van der Waals surface area contributed by atoms with E-state index in [1.165, 1.54) is 5.56 Å². The van der Waals surface area contributed by atoms with Crippen molar-refractivity contribution in [1.29, 1.82) is 0 Å². The van der Waals surface area contributed by atoms with Crippen molar-refractivity contribution in [3.63, 3.8) is 0 Å². The SMILES string of the molecule is CCN(Cc1ccc(C(=O)Nc2cccc(COCc3ccco3)c2)cc1)C(C)C. The lowest BCUT2D eigenvalue weighted by atomic mass is 10.1. The van der Waals surface area contributed by atoms with Gasteiger partial charge >= 0.3 is 0 Å². The van der Waals surface area contributed by atoms with E-state index >= 15 is 0 Å². The zero-order chi connectivity index (χ0) is 21.3. The van der Waals surface area contributed by atoms with Gasteiger partial charge < -0.3 is 14.5 Å². The molecule has 0 atom stereocenters. The number of benzene rings is 2. The van der Waals surface area contributed by atoms with Crippen LogP contribution in [0.5, 0.6) is 0 Å². The standard InChI is InChI=1S/C25H30N2O3/c1-4-27(19(2)3)16-20-10-12-22(13-11-20)25(28)26-23-8-5-7-21(15-23)17-29-18-24-9-6-14-30-24/h5-15,19H,4,16-18H2,1-3H3,(H,26,28). The highest BCUT2D eigenvalue weighted by molar-refractivity contribution is 6.04. The lowest BCUT2D eigenvalue weighted by Crippen LogP contribution is -2.29. The molecule has 0 aliphatic heterocycles. The summed E-state index contributed by atoms with van der Waals surface area (Å²) >= 11 is 0. The third kappa shape index (κ3) is 6.31. The summed E-state index contributed by atoms with van der Waals surface area (Å²) in [5.41, 5.74) is 3.59. The number of carbonyl (C=O) groups excluding carboxylic acids is 1. The topological polar surface area (TPSA) is 54.7 Å². The van der Waals surface area contributed by atoms with Gasteiger partial charge in [0.25, 0.3) is 5.91 Å². The molecule has 0 aliphatic rings. The Bertz CT molecular complexity index is 918. The van der Waals surface area contributed by atoms with E-state index in [-0.39, 0.29) is 5.91 Å². The van der Waals surface area contributed by atoms with Crippen molar-refractivity contribution in [1.82, 2.24) is 4.90 Å². The number of furan rings is 1. The first-order valence-electron chi connectivity index (χ1n) is 10.4. The molecule has 0 unspecified atom stereocenters. The first-order valence-corrected chi connectivity index (χ1v) is 10.4. The van der Waals surface area contributed by atoms with Crippen LogP contribution in [-0.2, 0) is 24.5 Å². The van der Waals surface area contributed by atoms with Crippen LogP contribution in [-0.4, -0.2) is 23.4 Å². The summed E-state index contributed by atoms with van der Waals surface area (Å²) in [5.74, 6) is 0.671. The van der Waals surface area contributed by atoms with Gasteiger partial charge in [-0.05, 0) is 67.9 Å². The third-order valence-electron chi connectivity index (χ3n) is 5.02. The smallest absolute Gasteiger partial charge is 0.255 e. The predicted octanol–water partition coefficient (Wildman–Crippen LogP) is 5.48. The van der Waals surface area contributed by atoms with Gasteiger partial charge in [0, 0.05) is 23.8 Å². The Morgan fingerprint density at radius 2 is 1.83 bits per heavy atom. The molecule has 5 nitrogen and oxygen atoms in total. The molecule has 0 saturated heterocycles. The lowest BCUT2D eigenvalue weighted by molar-refractivity contribution is 0.0929. The summed E-state index contributed by atoms with van der Waals surface area (Å²) in [6.45, 7) is 9.31. The van der Waals surface area contributed by atoms with Crippen LogP contribution >= 0.6 is 0 Å². The molecule has 0 saturated carbocycles. The van der Waals surface area contributed by atoms with Crippen LogP contribution in [0.15, 0.2) is 71.3 Å². The molecule has 3 aromatic rings. The number of rotatable bonds is 10. The molecule has 0 aliphatic carbocycles. The number of nitrogens with one attached hydrogen (secondary N) is 1. The number of nitrogens with zero attached hydrogens (tertiary/aromatic N) is 1. The lowest BCUT2D eigenvalue weighted by Gasteiger charge is -2.24. The van der Waals surface area contributed by atoms with Crippen LogP contribution in [0.2, 0.25) is 0 Å². The zero-order valence-electron chi connectivity index (χ0n) is 17.9. The highest BCUT2D eigenvalue weighted by atomic mass is 16.5. The van der Waals surface area contributed by atoms with Gasteiger partial charge in [-0.2, -0.15) is 0 Å². The van der Waals surface area contributed by atoms with E-state index in [0.717, 1.165) is 30.1 Å². The number of hydrogen-bond acceptors (Lipinski definition) is 4.